The van der Waals surface area contributed by atoms with Crippen LogP contribution in [0.4, 0.5) is 21.5 Å². The number of carbonyl (C=O) groups excluding carboxylic acids is 2. The lowest BCUT2D eigenvalue weighted by atomic mass is 10.1. The number of methoxy groups -OCH3 is 1. The van der Waals surface area contributed by atoms with Gasteiger partial charge in [-0.25, -0.2) is 4.39 Å². The highest BCUT2D eigenvalue weighted by Crippen LogP contribution is 2.33. The Bertz CT molecular complexity index is 1520. The first kappa shape index (κ1) is 33.4. The zero-order valence-electron chi connectivity index (χ0n) is 26.1. The number of carbonyl (C=O) groups is 2. The largest absolute Gasteiger partial charge is 0.495 e. The monoisotopic (exact) mass is 667 g/mol. The summed E-state index contributed by atoms with van der Waals surface area (Å²) in [4.78, 5) is 35.0. The molecular weight excluding hydrogens is 629 g/mol. The van der Waals surface area contributed by atoms with E-state index in [4.69, 9.17) is 33.3 Å². The number of benzene rings is 3. The molecule has 9 nitrogen and oxygen atoms in total. The van der Waals surface area contributed by atoms with Gasteiger partial charge in [-0.1, -0.05) is 18.5 Å². The molecule has 2 amide bonds. The molecule has 2 fully saturated rings. The number of thiocarbonyl (C=S) groups is 1. The quantitative estimate of drug-likeness (QED) is 0.229. The first-order chi connectivity index (χ1) is 22.3. The van der Waals surface area contributed by atoms with Gasteiger partial charge in [0.15, 0.2) is 5.11 Å². The van der Waals surface area contributed by atoms with Gasteiger partial charge in [0.25, 0.3) is 5.91 Å². The van der Waals surface area contributed by atoms with E-state index in [0.29, 0.717) is 40.4 Å². The molecular formula is C34H39ClFN5O4S. The van der Waals surface area contributed by atoms with E-state index in [1.807, 2.05) is 36.1 Å². The molecule has 1 N–H and O–H groups in total. The fourth-order valence-electron chi connectivity index (χ4n) is 5.71. The molecule has 2 heterocycles. The molecule has 2 aliphatic rings. The van der Waals surface area contributed by atoms with Crippen molar-refractivity contribution < 1.29 is 23.5 Å². The number of hydrogen-bond acceptors (Lipinski definition) is 7. The molecule has 1 unspecified atom stereocenters. The van der Waals surface area contributed by atoms with E-state index in [0.717, 1.165) is 57.0 Å². The van der Waals surface area contributed by atoms with Crippen molar-refractivity contribution in [1.82, 2.24) is 9.80 Å². The molecule has 0 radical (unpaired) electrons. The molecule has 3 aromatic rings. The minimum absolute atomic E-state index is 0.0657. The Balaban J connectivity index is 1.23. The Morgan fingerprint density at radius 1 is 1.00 bits per heavy atom. The lowest BCUT2D eigenvalue weighted by Gasteiger charge is -2.36. The Labute approximate surface area is 279 Å². The summed E-state index contributed by atoms with van der Waals surface area (Å²) in [6, 6.07) is 18.1. The summed E-state index contributed by atoms with van der Waals surface area (Å²) in [6.45, 7) is 7.38. The van der Waals surface area contributed by atoms with Crippen molar-refractivity contribution in [2.75, 3.05) is 68.1 Å². The highest BCUT2D eigenvalue weighted by Gasteiger charge is 2.44. The van der Waals surface area contributed by atoms with E-state index in [9.17, 15) is 14.0 Å². The number of anilines is 3. The molecule has 0 spiro atoms. The van der Waals surface area contributed by atoms with E-state index in [-0.39, 0.29) is 24.1 Å². The SMILES string of the molecule is CCCOc1ccc(NC(=O)CC2C(=O)N(c3ccc(OC)c(Cl)c3)C(=S)N2CCCN2CCN(c3ccc(F)cc3)CC2)cc1. The summed E-state index contributed by atoms with van der Waals surface area (Å²) >= 11 is 12.2. The number of halogens is 2. The molecule has 5 rings (SSSR count). The number of nitrogens with zero attached hydrogens (tertiary/aromatic N) is 4. The average Bonchev–Trinajstić information content (AvgIpc) is 3.29. The Hall–Kier alpha value is -3.93. The number of piperazine rings is 1. The molecule has 2 saturated heterocycles. The van der Waals surface area contributed by atoms with Gasteiger partial charge in [0, 0.05) is 44.1 Å². The van der Waals surface area contributed by atoms with Crippen molar-refractivity contribution in [3.63, 3.8) is 0 Å². The van der Waals surface area contributed by atoms with Gasteiger partial charge in [0.1, 0.15) is 23.4 Å². The Kier molecular flexibility index (Phi) is 11.3. The number of hydrogen-bond donors (Lipinski definition) is 1. The molecule has 1 atom stereocenters. The topological polar surface area (TPSA) is 77.6 Å². The van der Waals surface area contributed by atoms with Gasteiger partial charge in [-0.2, -0.15) is 0 Å². The van der Waals surface area contributed by atoms with Crippen molar-refractivity contribution in [3.8, 4) is 11.5 Å². The van der Waals surface area contributed by atoms with Crippen LogP contribution in [0.1, 0.15) is 26.2 Å². The average molecular weight is 668 g/mol. The predicted molar refractivity (Wildman–Crippen MR) is 184 cm³/mol. The van der Waals surface area contributed by atoms with Crippen LogP contribution in [0, 0.1) is 5.82 Å². The number of amides is 2. The van der Waals surface area contributed by atoms with Crippen molar-refractivity contribution in [2.24, 2.45) is 0 Å². The van der Waals surface area contributed by atoms with E-state index < -0.39 is 6.04 Å². The van der Waals surface area contributed by atoms with E-state index in [1.54, 1.807) is 30.3 Å². The van der Waals surface area contributed by atoms with E-state index >= 15 is 0 Å². The van der Waals surface area contributed by atoms with Crippen LogP contribution in [0.3, 0.4) is 0 Å². The van der Waals surface area contributed by atoms with Gasteiger partial charge in [-0.15, -0.1) is 0 Å². The molecule has 12 heteroatoms. The fraction of sp³-hybridized carbons (Fsp3) is 0.382. The maximum absolute atomic E-state index is 13.9. The normalized spacial score (nSPS) is 17.0. The summed E-state index contributed by atoms with van der Waals surface area (Å²) in [5.74, 6) is 0.406. The van der Waals surface area contributed by atoms with Crippen molar-refractivity contribution in [3.05, 3.63) is 77.6 Å². The molecule has 3 aromatic carbocycles. The summed E-state index contributed by atoms with van der Waals surface area (Å²) in [7, 11) is 1.53. The summed E-state index contributed by atoms with van der Waals surface area (Å²) < 4.78 is 24.3. The second-order valence-corrected chi connectivity index (χ2v) is 12.0. The van der Waals surface area contributed by atoms with Crippen LogP contribution in [-0.4, -0.2) is 85.8 Å². The van der Waals surface area contributed by atoms with Crippen molar-refractivity contribution in [1.29, 1.82) is 0 Å². The van der Waals surface area contributed by atoms with Gasteiger partial charge in [-0.05, 0) is 98.3 Å². The van der Waals surface area contributed by atoms with Crippen LogP contribution in [0.15, 0.2) is 66.7 Å². The van der Waals surface area contributed by atoms with Gasteiger partial charge < -0.3 is 24.6 Å². The fourth-order valence-corrected chi connectivity index (χ4v) is 6.37. The van der Waals surface area contributed by atoms with Gasteiger partial charge in [0.2, 0.25) is 5.91 Å². The number of rotatable bonds is 13. The smallest absolute Gasteiger partial charge is 0.256 e. The minimum Gasteiger partial charge on any atom is -0.495 e. The Morgan fingerprint density at radius 2 is 1.70 bits per heavy atom. The number of nitrogens with one attached hydrogen (secondary N) is 1. The van der Waals surface area contributed by atoms with Crippen LogP contribution in [0.25, 0.3) is 0 Å². The van der Waals surface area contributed by atoms with Crippen LogP contribution < -0.4 is 24.6 Å². The summed E-state index contributed by atoms with van der Waals surface area (Å²) in [5, 5.41) is 3.60. The Morgan fingerprint density at radius 3 is 2.35 bits per heavy atom. The molecule has 0 bridgehead atoms. The zero-order valence-corrected chi connectivity index (χ0v) is 27.7. The third kappa shape index (κ3) is 8.07. The predicted octanol–water partition coefficient (Wildman–Crippen LogP) is 5.82. The van der Waals surface area contributed by atoms with Gasteiger partial charge in [-0.3, -0.25) is 19.4 Å². The minimum atomic E-state index is -0.768. The maximum atomic E-state index is 13.9. The van der Waals surface area contributed by atoms with Gasteiger partial charge in [0.05, 0.1) is 30.8 Å². The van der Waals surface area contributed by atoms with E-state index in [1.165, 1.54) is 24.1 Å². The van der Waals surface area contributed by atoms with Crippen molar-refractivity contribution in [2.45, 2.75) is 32.2 Å². The van der Waals surface area contributed by atoms with Crippen LogP contribution >= 0.6 is 23.8 Å². The van der Waals surface area contributed by atoms with Crippen LogP contribution in [-0.2, 0) is 9.59 Å². The third-order valence-electron chi connectivity index (χ3n) is 8.14. The van der Waals surface area contributed by atoms with E-state index in [2.05, 4.69) is 15.1 Å². The number of ether oxygens (including phenoxy) is 2. The first-order valence-electron chi connectivity index (χ1n) is 15.5. The van der Waals surface area contributed by atoms with Gasteiger partial charge >= 0.3 is 0 Å². The van der Waals surface area contributed by atoms with Crippen molar-refractivity contribution >= 4 is 57.8 Å². The summed E-state index contributed by atoms with van der Waals surface area (Å²) in [5.41, 5.74) is 2.16. The standard InChI is InChI=1S/C34H39ClFN5O4S/c1-3-21-45-28-12-7-25(8-13-28)37-32(42)23-30-33(43)41(27-11-14-31(44-2)29(35)22-27)34(46)40(30)16-4-15-38-17-19-39(20-18-38)26-9-5-24(36)6-10-26/h5-14,22,30H,3-4,15-21,23H2,1-2H3,(H,37,42). The molecule has 0 aromatic heterocycles. The first-order valence-corrected chi connectivity index (χ1v) is 16.3. The summed E-state index contributed by atoms with van der Waals surface area (Å²) in [6.07, 6.45) is 1.59. The zero-order chi connectivity index (χ0) is 32.6. The second kappa shape index (κ2) is 15.6. The third-order valence-corrected chi connectivity index (χ3v) is 8.85. The molecule has 0 aliphatic carbocycles. The van der Waals surface area contributed by atoms with Crippen LogP contribution in [0.2, 0.25) is 5.02 Å². The molecule has 46 heavy (non-hydrogen) atoms. The molecule has 244 valence electrons. The lowest BCUT2D eigenvalue weighted by Crippen LogP contribution is -2.47. The van der Waals surface area contributed by atoms with Crippen LogP contribution in [0.5, 0.6) is 11.5 Å². The maximum Gasteiger partial charge on any atom is 0.256 e. The lowest BCUT2D eigenvalue weighted by molar-refractivity contribution is -0.124. The molecule has 0 saturated carbocycles. The second-order valence-electron chi connectivity index (χ2n) is 11.3. The molecule has 2 aliphatic heterocycles. The highest BCUT2D eigenvalue weighted by molar-refractivity contribution is 7.80. The highest BCUT2D eigenvalue weighted by atomic mass is 35.5.